The zero-order valence-corrected chi connectivity index (χ0v) is 14.4. The number of imide groups is 1. The molecule has 0 unspecified atom stereocenters. The number of aromatic nitrogens is 2. The van der Waals surface area contributed by atoms with Crippen LogP contribution in [0.25, 0.3) is 5.65 Å². The normalized spacial score (nSPS) is 21.7. The van der Waals surface area contributed by atoms with Gasteiger partial charge in [0.2, 0.25) is 0 Å². The molecule has 0 saturated carbocycles. The predicted molar refractivity (Wildman–Crippen MR) is 95.5 cm³/mol. The van der Waals surface area contributed by atoms with Crippen molar-refractivity contribution < 1.29 is 9.59 Å². The standard InChI is InChI=1S/C20H18N4O2/c1-13-6-7-17-21-15(11-23(17)10-13)12-24-18(25)20(22-19(24)26)9-8-14-4-2-3-5-16(14)20/h2-7,10-11H,8-9,12H2,1H3,(H,22,26)/t20-/m0/s1. The van der Waals surface area contributed by atoms with Gasteiger partial charge in [-0.05, 0) is 42.5 Å². The molecule has 0 bridgehead atoms. The lowest BCUT2D eigenvalue weighted by Gasteiger charge is -2.22. The summed E-state index contributed by atoms with van der Waals surface area (Å²) < 4.78 is 1.92. The van der Waals surface area contributed by atoms with Gasteiger partial charge in [0, 0.05) is 12.4 Å². The highest BCUT2D eigenvalue weighted by Crippen LogP contribution is 2.41. The third-order valence-electron chi connectivity index (χ3n) is 5.39. The maximum absolute atomic E-state index is 13.2. The van der Waals surface area contributed by atoms with Gasteiger partial charge in [0.05, 0.1) is 12.2 Å². The second-order valence-electron chi connectivity index (χ2n) is 7.09. The molecule has 1 atom stereocenters. The van der Waals surface area contributed by atoms with E-state index in [1.54, 1.807) is 0 Å². The van der Waals surface area contributed by atoms with Crippen molar-refractivity contribution in [2.24, 2.45) is 0 Å². The van der Waals surface area contributed by atoms with E-state index < -0.39 is 5.54 Å². The fourth-order valence-corrected chi connectivity index (χ4v) is 4.13. The topological polar surface area (TPSA) is 66.7 Å². The number of urea groups is 1. The van der Waals surface area contributed by atoms with Crippen molar-refractivity contribution in [2.75, 3.05) is 0 Å². The summed E-state index contributed by atoms with van der Waals surface area (Å²) in [7, 11) is 0. The Morgan fingerprint density at radius 2 is 2.00 bits per heavy atom. The molecule has 3 amide bonds. The number of carbonyl (C=O) groups is 2. The molecule has 2 aliphatic rings. The van der Waals surface area contributed by atoms with E-state index in [2.05, 4.69) is 10.3 Å². The lowest BCUT2D eigenvalue weighted by molar-refractivity contribution is -0.132. The highest BCUT2D eigenvalue weighted by Gasteiger charge is 2.55. The first-order valence-electron chi connectivity index (χ1n) is 8.73. The summed E-state index contributed by atoms with van der Waals surface area (Å²) >= 11 is 0. The Morgan fingerprint density at radius 3 is 2.88 bits per heavy atom. The van der Waals surface area contributed by atoms with Crippen molar-refractivity contribution in [2.45, 2.75) is 31.8 Å². The molecular weight excluding hydrogens is 328 g/mol. The van der Waals surface area contributed by atoms with Crippen molar-refractivity contribution >= 4 is 17.6 Å². The van der Waals surface area contributed by atoms with Crippen molar-refractivity contribution in [1.82, 2.24) is 19.6 Å². The van der Waals surface area contributed by atoms with Crippen LogP contribution in [0.1, 0.15) is 28.8 Å². The van der Waals surface area contributed by atoms with Crippen LogP contribution >= 0.6 is 0 Å². The minimum absolute atomic E-state index is 0.176. The van der Waals surface area contributed by atoms with Crippen LogP contribution in [0.3, 0.4) is 0 Å². The molecule has 3 heterocycles. The van der Waals surface area contributed by atoms with Crippen LogP contribution in [-0.4, -0.2) is 26.2 Å². The monoisotopic (exact) mass is 346 g/mol. The van der Waals surface area contributed by atoms with E-state index in [1.807, 2.05) is 60.1 Å². The number of imidazole rings is 1. The summed E-state index contributed by atoms with van der Waals surface area (Å²) in [5, 5.41) is 2.95. The molecule has 6 heteroatoms. The number of fused-ring (bicyclic) bond motifs is 3. The average Bonchev–Trinajstić information content (AvgIpc) is 3.27. The number of carbonyl (C=O) groups excluding carboxylic acids is 2. The lowest BCUT2D eigenvalue weighted by Crippen LogP contribution is -2.41. The van der Waals surface area contributed by atoms with E-state index in [4.69, 9.17) is 0 Å². The molecule has 3 aromatic rings. The molecule has 1 aliphatic carbocycles. The van der Waals surface area contributed by atoms with Gasteiger partial charge in [-0.25, -0.2) is 9.78 Å². The Bertz CT molecular complexity index is 1070. The number of rotatable bonds is 2. The highest BCUT2D eigenvalue weighted by atomic mass is 16.2. The maximum atomic E-state index is 13.2. The molecule has 1 N–H and O–H groups in total. The van der Waals surface area contributed by atoms with Gasteiger partial charge in [-0.15, -0.1) is 0 Å². The van der Waals surface area contributed by atoms with Crippen molar-refractivity contribution in [3.8, 4) is 0 Å². The third kappa shape index (κ3) is 2.02. The third-order valence-corrected chi connectivity index (χ3v) is 5.39. The molecule has 6 nitrogen and oxygen atoms in total. The number of benzene rings is 1. The van der Waals surface area contributed by atoms with Crippen molar-refractivity contribution in [3.05, 3.63) is 71.2 Å². The molecule has 1 aromatic carbocycles. The van der Waals surface area contributed by atoms with Gasteiger partial charge in [0.15, 0.2) is 0 Å². The zero-order chi connectivity index (χ0) is 17.9. The Hall–Kier alpha value is -3.15. The van der Waals surface area contributed by atoms with E-state index in [0.29, 0.717) is 12.1 Å². The Morgan fingerprint density at radius 1 is 1.15 bits per heavy atom. The van der Waals surface area contributed by atoms with Crippen LogP contribution in [0.4, 0.5) is 4.79 Å². The van der Waals surface area contributed by atoms with Crippen molar-refractivity contribution in [3.63, 3.8) is 0 Å². The van der Waals surface area contributed by atoms with Crippen LogP contribution in [0, 0.1) is 6.92 Å². The first-order chi connectivity index (χ1) is 12.6. The predicted octanol–water partition coefficient (Wildman–Crippen LogP) is 2.54. The minimum Gasteiger partial charge on any atom is -0.319 e. The molecule has 5 rings (SSSR count). The summed E-state index contributed by atoms with van der Waals surface area (Å²) in [5.74, 6) is -0.180. The number of amides is 3. The molecule has 1 spiro atoms. The summed E-state index contributed by atoms with van der Waals surface area (Å²) in [6, 6.07) is 11.4. The Kier molecular flexibility index (Phi) is 3.01. The number of hydrogen-bond donors (Lipinski definition) is 1. The lowest BCUT2D eigenvalue weighted by atomic mass is 9.92. The summed E-state index contributed by atoms with van der Waals surface area (Å²) in [4.78, 5) is 31.6. The fourth-order valence-electron chi connectivity index (χ4n) is 4.13. The van der Waals surface area contributed by atoms with Gasteiger partial charge >= 0.3 is 6.03 Å². The highest BCUT2D eigenvalue weighted by molar-refractivity contribution is 6.08. The van der Waals surface area contributed by atoms with Crippen LogP contribution in [0.15, 0.2) is 48.8 Å². The van der Waals surface area contributed by atoms with E-state index in [0.717, 1.165) is 28.8 Å². The largest absolute Gasteiger partial charge is 0.325 e. The molecule has 1 saturated heterocycles. The van der Waals surface area contributed by atoms with Crippen LogP contribution in [-0.2, 0) is 23.3 Å². The van der Waals surface area contributed by atoms with Gasteiger partial charge in [-0.3, -0.25) is 9.69 Å². The van der Waals surface area contributed by atoms with Gasteiger partial charge < -0.3 is 9.72 Å². The van der Waals surface area contributed by atoms with Crippen LogP contribution in [0.2, 0.25) is 0 Å². The molecule has 130 valence electrons. The van der Waals surface area contributed by atoms with E-state index in [-0.39, 0.29) is 18.5 Å². The zero-order valence-electron chi connectivity index (χ0n) is 14.4. The second kappa shape index (κ2) is 5.17. The first kappa shape index (κ1) is 15.1. The quantitative estimate of drug-likeness (QED) is 0.725. The SMILES string of the molecule is Cc1ccc2nc(CN3C(=O)N[C@]4(CCc5ccccc54)C3=O)cn2c1. The maximum Gasteiger partial charge on any atom is 0.325 e. The average molecular weight is 346 g/mol. The molecule has 26 heavy (non-hydrogen) atoms. The van der Waals surface area contributed by atoms with Gasteiger partial charge in [-0.2, -0.15) is 0 Å². The summed E-state index contributed by atoms with van der Waals surface area (Å²) in [6.07, 6.45) is 5.25. The molecule has 0 radical (unpaired) electrons. The molecule has 1 fully saturated rings. The van der Waals surface area contributed by atoms with Crippen LogP contribution < -0.4 is 5.32 Å². The van der Waals surface area contributed by atoms with Gasteiger partial charge in [-0.1, -0.05) is 30.3 Å². The van der Waals surface area contributed by atoms with Gasteiger partial charge in [0.1, 0.15) is 11.2 Å². The van der Waals surface area contributed by atoms with E-state index >= 15 is 0 Å². The molecule has 1 aliphatic heterocycles. The first-order valence-corrected chi connectivity index (χ1v) is 8.73. The van der Waals surface area contributed by atoms with E-state index in [1.165, 1.54) is 4.90 Å². The number of aryl methyl sites for hydroxylation is 2. The fraction of sp³-hybridized carbons (Fsp3) is 0.250. The minimum atomic E-state index is -0.913. The van der Waals surface area contributed by atoms with E-state index in [9.17, 15) is 9.59 Å². The molecule has 2 aromatic heterocycles. The summed E-state index contributed by atoms with van der Waals surface area (Å²) in [6.45, 7) is 2.19. The number of nitrogens with zero attached hydrogens (tertiary/aromatic N) is 3. The Labute approximate surface area is 150 Å². The number of nitrogens with one attached hydrogen (secondary N) is 1. The Balaban J connectivity index is 1.49. The van der Waals surface area contributed by atoms with Crippen molar-refractivity contribution in [1.29, 1.82) is 0 Å². The number of hydrogen-bond acceptors (Lipinski definition) is 3. The second-order valence-corrected chi connectivity index (χ2v) is 7.09. The van der Waals surface area contributed by atoms with Crippen LogP contribution in [0.5, 0.6) is 0 Å². The summed E-state index contributed by atoms with van der Waals surface area (Å²) in [5.41, 5.74) is 3.76. The van der Waals surface area contributed by atoms with Gasteiger partial charge in [0.25, 0.3) is 5.91 Å². The smallest absolute Gasteiger partial charge is 0.319 e. The molecular formula is C20H18N4O2. The number of pyridine rings is 1.